The lowest BCUT2D eigenvalue weighted by molar-refractivity contribution is 0.226. The molecule has 0 saturated carbocycles. The van der Waals surface area contributed by atoms with Crippen molar-refractivity contribution in [3.8, 4) is 0 Å². The zero-order valence-corrected chi connectivity index (χ0v) is 11.6. The van der Waals surface area contributed by atoms with Gasteiger partial charge in [0, 0.05) is 25.3 Å². The fourth-order valence-corrected chi connectivity index (χ4v) is 2.82. The molecule has 2 rings (SSSR count). The standard InChI is InChI=1S/C15H24N2O/c1-12-4-6-14(7-5-12)17-9-13(2)8-16(3)10-15(17)11-18/h4-7,13,15,18H,8-11H2,1-3H3. The highest BCUT2D eigenvalue weighted by Crippen LogP contribution is 2.22. The van der Waals surface area contributed by atoms with Crippen molar-refractivity contribution < 1.29 is 5.11 Å². The first kappa shape index (κ1) is 13.4. The van der Waals surface area contributed by atoms with E-state index in [4.69, 9.17) is 0 Å². The zero-order valence-electron chi connectivity index (χ0n) is 11.6. The summed E-state index contributed by atoms with van der Waals surface area (Å²) in [5.41, 5.74) is 2.50. The van der Waals surface area contributed by atoms with Gasteiger partial charge in [-0.05, 0) is 32.0 Å². The Kier molecular flexibility index (Phi) is 4.25. The molecule has 0 aromatic heterocycles. The van der Waals surface area contributed by atoms with E-state index in [9.17, 15) is 5.11 Å². The Labute approximate surface area is 110 Å². The van der Waals surface area contributed by atoms with Gasteiger partial charge in [0.1, 0.15) is 0 Å². The Morgan fingerprint density at radius 2 is 1.83 bits per heavy atom. The quantitative estimate of drug-likeness (QED) is 0.863. The van der Waals surface area contributed by atoms with E-state index in [0.717, 1.165) is 19.6 Å². The number of aliphatic hydroxyl groups excluding tert-OH is 1. The Bertz CT molecular complexity index is 377. The van der Waals surface area contributed by atoms with Crippen LogP contribution in [0.25, 0.3) is 0 Å². The fraction of sp³-hybridized carbons (Fsp3) is 0.600. The minimum Gasteiger partial charge on any atom is -0.394 e. The van der Waals surface area contributed by atoms with Gasteiger partial charge >= 0.3 is 0 Å². The van der Waals surface area contributed by atoms with Gasteiger partial charge in [-0.15, -0.1) is 0 Å². The van der Waals surface area contributed by atoms with Crippen molar-refractivity contribution >= 4 is 5.69 Å². The third-order valence-corrected chi connectivity index (χ3v) is 3.67. The van der Waals surface area contributed by atoms with Crippen molar-refractivity contribution in [2.75, 3.05) is 38.2 Å². The molecule has 1 N–H and O–H groups in total. The molecule has 100 valence electrons. The first-order valence-corrected chi connectivity index (χ1v) is 6.73. The molecule has 1 aromatic rings. The summed E-state index contributed by atoms with van der Waals surface area (Å²) in [4.78, 5) is 4.67. The molecule has 1 aliphatic rings. The maximum absolute atomic E-state index is 9.64. The number of likely N-dealkylation sites (N-methyl/N-ethyl adjacent to an activating group) is 1. The van der Waals surface area contributed by atoms with E-state index in [-0.39, 0.29) is 12.6 Å². The molecule has 2 atom stereocenters. The van der Waals surface area contributed by atoms with Gasteiger partial charge in [0.25, 0.3) is 0 Å². The number of rotatable bonds is 2. The van der Waals surface area contributed by atoms with Crippen LogP contribution in [0.4, 0.5) is 5.69 Å². The van der Waals surface area contributed by atoms with Crippen molar-refractivity contribution in [2.45, 2.75) is 19.9 Å². The number of aryl methyl sites for hydroxylation is 1. The molecule has 1 aromatic carbocycles. The van der Waals surface area contributed by atoms with E-state index in [2.05, 4.69) is 55.0 Å². The molecule has 1 saturated heterocycles. The topological polar surface area (TPSA) is 26.7 Å². The first-order chi connectivity index (χ1) is 8.60. The molecule has 0 spiro atoms. The third kappa shape index (κ3) is 3.03. The largest absolute Gasteiger partial charge is 0.394 e. The Morgan fingerprint density at radius 1 is 1.17 bits per heavy atom. The molecular formula is C15H24N2O. The SMILES string of the molecule is Cc1ccc(N2CC(C)CN(C)CC2CO)cc1. The highest BCUT2D eigenvalue weighted by Gasteiger charge is 2.26. The maximum atomic E-state index is 9.64. The first-order valence-electron chi connectivity index (χ1n) is 6.73. The molecular weight excluding hydrogens is 224 g/mol. The average molecular weight is 248 g/mol. The van der Waals surface area contributed by atoms with Gasteiger partial charge in [0.05, 0.1) is 12.6 Å². The normalized spacial score (nSPS) is 26.1. The van der Waals surface area contributed by atoms with E-state index < -0.39 is 0 Å². The summed E-state index contributed by atoms with van der Waals surface area (Å²) >= 11 is 0. The van der Waals surface area contributed by atoms with E-state index in [0.29, 0.717) is 5.92 Å². The summed E-state index contributed by atoms with van der Waals surface area (Å²) in [6, 6.07) is 8.81. The average Bonchev–Trinajstić information content (AvgIpc) is 2.48. The van der Waals surface area contributed by atoms with E-state index in [1.165, 1.54) is 11.3 Å². The summed E-state index contributed by atoms with van der Waals surface area (Å²) in [7, 11) is 2.14. The van der Waals surface area contributed by atoms with Crippen LogP contribution < -0.4 is 4.90 Å². The van der Waals surface area contributed by atoms with Crippen molar-refractivity contribution in [1.82, 2.24) is 4.90 Å². The predicted octanol–water partition coefficient (Wildman–Crippen LogP) is 1.74. The summed E-state index contributed by atoms with van der Waals surface area (Å²) in [5.74, 6) is 0.618. The van der Waals surface area contributed by atoms with Crippen LogP contribution in [-0.2, 0) is 0 Å². The second kappa shape index (κ2) is 5.72. The minimum atomic E-state index is 0.197. The Balaban J connectivity index is 2.24. The molecule has 1 heterocycles. The van der Waals surface area contributed by atoms with Gasteiger partial charge in [-0.1, -0.05) is 24.6 Å². The number of anilines is 1. The second-order valence-corrected chi connectivity index (χ2v) is 5.65. The molecule has 3 heteroatoms. The van der Waals surface area contributed by atoms with Crippen molar-refractivity contribution in [3.05, 3.63) is 29.8 Å². The van der Waals surface area contributed by atoms with Crippen molar-refractivity contribution in [3.63, 3.8) is 0 Å². The Hall–Kier alpha value is -1.06. The van der Waals surface area contributed by atoms with Gasteiger partial charge in [0.2, 0.25) is 0 Å². The third-order valence-electron chi connectivity index (χ3n) is 3.67. The number of hydrogen-bond donors (Lipinski definition) is 1. The summed E-state index contributed by atoms with van der Waals surface area (Å²) < 4.78 is 0. The zero-order chi connectivity index (χ0) is 13.1. The van der Waals surface area contributed by atoms with Gasteiger partial charge in [-0.2, -0.15) is 0 Å². The smallest absolute Gasteiger partial charge is 0.0647 e. The van der Waals surface area contributed by atoms with Crippen LogP contribution in [0.3, 0.4) is 0 Å². The van der Waals surface area contributed by atoms with Crippen molar-refractivity contribution in [1.29, 1.82) is 0 Å². The molecule has 1 aliphatic heterocycles. The van der Waals surface area contributed by atoms with Crippen LogP contribution >= 0.6 is 0 Å². The lowest BCUT2D eigenvalue weighted by Crippen LogP contribution is -2.43. The summed E-state index contributed by atoms with van der Waals surface area (Å²) in [6.45, 7) is 7.63. The van der Waals surface area contributed by atoms with Crippen LogP contribution in [0.15, 0.2) is 24.3 Å². The van der Waals surface area contributed by atoms with Gasteiger partial charge < -0.3 is 14.9 Å². The van der Waals surface area contributed by atoms with Gasteiger partial charge in [-0.25, -0.2) is 0 Å². The highest BCUT2D eigenvalue weighted by molar-refractivity contribution is 5.49. The fourth-order valence-electron chi connectivity index (χ4n) is 2.82. The molecule has 2 unspecified atom stereocenters. The number of hydrogen-bond acceptors (Lipinski definition) is 3. The molecule has 1 fully saturated rings. The molecule has 0 aliphatic carbocycles. The number of aliphatic hydroxyl groups is 1. The summed E-state index contributed by atoms with van der Waals surface area (Å²) in [6.07, 6.45) is 0. The lowest BCUT2D eigenvalue weighted by atomic mass is 10.1. The predicted molar refractivity (Wildman–Crippen MR) is 76.1 cm³/mol. The van der Waals surface area contributed by atoms with E-state index >= 15 is 0 Å². The lowest BCUT2D eigenvalue weighted by Gasteiger charge is -2.32. The van der Waals surface area contributed by atoms with E-state index in [1.54, 1.807) is 0 Å². The monoisotopic (exact) mass is 248 g/mol. The molecule has 0 radical (unpaired) electrons. The van der Waals surface area contributed by atoms with Gasteiger partial charge in [0.15, 0.2) is 0 Å². The molecule has 0 bridgehead atoms. The molecule has 18 heavy (non-hydrogen) atoms. The number of nitrogens with zero attached hydrogens (tertiary/aromatic N) is 2. The second-order valence-electron chi connectivity index (χ2n) is 5.65. The van der Waals surface area contributed by atoms with Crippen LogP contribution in [0.5, 0.6) is 0 Å². The van der Waals surface area contributed by atoms with Crippen LogP contribution in [0.1, 0.15) is 12.5 Å². The van der Waals surface area contributed by atoms with Crippen LogP contribution in [0.2, 0.25) is 0 Å². The Morgan fingerprint density at radius 3 is 2.44 bits per heavy atom. The van der Waals surface area contributed by atoms with Crippen molar-refractivity contribution in [2.24, 2.45) is 5.92 Å². The molecule has 3 nitrogen and oxygen atoms in total. The van der Waals surface area contributed by atoms with Crippen LogP contribution in [-0.4, -0.2) is 49.3 Å². The van der Waals surface area contributed by atoms with Gasteiger partial charge in [-0.3, -0.25) is 0 Å². The summed E-state index contributed by atoms with van der Waals surface area (Å²) in [5, 5.41) is 9.64. The highest BCUT2D eigenvalue weighted by atomic mass is 16.3. The van der Waals surface area contributed by atoms with Crippen LogP contribution in [0, 0.1) is 12.8 Å². The molecule has 0 amide bonds. The minimum absolute atomic E-state index is 0.197. The number of benzene rings is 1. The van der Waals surface area contributed by atoms with E-state index in [1.807, 2.05) is 0 Å². The maximum Gasteiger partial charge on any atom is 0.0647 e.